The van der Waals surface area contributed by atoms with Gasteiger partial charge in [-0.25, -0.2) is 0 Å². The molecule has 2 aromatic carbocycles. The highest BCUT2D eigenvalue weighted by atomic mass is 16.5. The van der Waals surface area contributed by atoms with Gasteiger partial charge in [0.15, 0.2) is 0 Å². The van der Waals surface area contributed by atoms with Gasteiger partial charge in [0.05, 0.1) is 6.04 Å². The molecule has 4 heteroatoms. The SMILES string of the molecule is NC(=O)[C@H]1CC[C@@H](c2ccc(OCc3ccccc3)cc2)N1. The van der Waals surface area contributed by atoms with E-state index in [0.29, 0.717) is 6.61 Å². The Morgan fingerprint density at radius 3 is 2.45 bits per heavy atom. The lowest BCUT2D eigenvalue weighted by Gasteiger charge is -2.13. The molecule has 114 valence electrons. The summed E-state index contributed by atoms with van der Waals surface area (Å²) in [6, 6.07) is 18.1. The molecule has 2 atom stereocenters. The average molecular weight is 296 g/mol. The maximum Gasteiger partial charge on any atom is 0.234 e. The van der Waals surface area contributed by atoms with Crippen molar-refractivity contribution in [3.05, 3.63) is 65.7 Å². The van der Waals surface area contributed by atoms with E-state index in [4.69, 9.17) is 10.5 Å². The number of hydrogen-bond acceptors (Lipinski definition) is 3. The Morgan fingerprint density at radius 2 is 1.82 bits per heavy atom. The molecule has 4 nitrogen and oxygen atoms in total. The molecular formula is C18H20N2O2. The average Bonchev–Trinajstić information content (AvgIpc) is 3.05. The smallest absolute Gasteiger partial charge is 0.234 e. The fourth-order valence-corrected chi connectivity index (χ4v) is 2.77. The van der Waals surface area contributed by atoms with Crippen LogP contribution >= 0.6 is 0 Å². The normalized spacial score (nSPS) is 20.7. The second kappa shape index (κ2) is 6.62. The molecule has 0 saturated carbocycles. The molecule has 3 rings (SSSR count). The summed E-state index contributed by atoms with van der Waals surface area (Å²) in [7, 11) is 0. The monoisotopic (exact) mass is 296 g/mol. The lowest BCUT2D eigenvalue weighted by atomic mass is 10.1. The first-order valence-electron chi connectivity index (χ1n) is 7.54. The number of hydrogen-bond donors (Lipinski definition) is 2. The standard InChI is InChI=1S/C18H20N2O2/c19-18(21)17-11-10-16(20-17)14-6-8-15(9-7-14)22-12-13-4-2-1-3-5-13/h1-9,16-17,20H,10-12H2,(H2,19,21)/t16-,17+/m0/s1. The summed E-state index contributed by atoms with van der Waals surface area (Å²) in [5.41, 5.74) is 7.64. The number of carbonyl (C=O) groups excluding carboxylic acids is 1. The summed E-state index contributed by atoms with van der Waals surface area (Å²) < 4.78 is 5.77. The molecule has 1 saturated heterocycles. The van der Waals surface area contributed by atoms with Crippen molar-refractivity contribution in [3.63, 3.8) is 0 Å². The summed E-state index contributed by atoms with van der Waals surface area (Å²) in [5, 5.41) is 3.27. The van der Waals surface area contributed by atoms with E-state index in [0.717, 1.165) is 29.7 Å². The van der Waals surface area contributed by atoms with E-state index in [9.17, 15) is 4.79 Å². The fourth-order valence-electron chi connectivity index (χ4n) is 2.77. The fraction of sp³-hybridized carbons (Fsp3) is 0.278. The highest BCUT2D eigenvalue weighted by Crippen LogP contribution is 2.27. The van der Waals surface area contributed by atoms with Crippen molar-refractivity contribution in [2.24, 2.45) is 5.73 Å². The molecule has 1 heterocycles. The van der Waals surface area contributed by atoms with Crippen LogP contribution in [0.15, 0.2) is 54.6 Å². The largest absolute Gasteiger partial charge is 0.489 e. The van der Waals surface area contributed by atoms with Crippen LogP contribution in [0.5, 0.6) is 5.75 Å². The molecule has 0 spiro atoms. The highest BCUT2D eigenvalue weighted by Gasteiger charge is 2.28. The molecule has 22 heavy (non-hydrogen) atoms. The second-order valence-electron chi connectivity index (χ2n) is 5.59. The van der Waals surface area contributed by atoms with Crippen molar-refractivity contribution < 1.29 is 9.53 Å². The van der Waals surface area contributed by atoms with Gasteiger partial charge in [0.1, 0.15) is 12.4 Å². The number of nitrogens with one attached hydrogen (secondary N) is 1. The van der Waals surface area contributed by atoms with E-state index in [1.807, 2.05) is 54.6 Å². The lowest BCUT2D eigenvalue weighted by molar-refractivity contribution is -0.119. The summed E-state index contributed by atoms with van der Waals surface area (Å²) in [5.74, 6) is 0.572. The van der Waals surface area contributed by atoms with Gasteiger partial charge in [-0.1, -0.05) is 42.5 Å². The Labute approximate surface area is 130 Å². The minimum atomic E-state index is -0.273. The van der Waals surface area contributed by atoms with E-state index in [1.54, 1.807) is 0 Å². The van der Waals surface area contributed by atoms with Crippen LogP contribution in [0, 0.1) is 0 Å². The number of amides is 1. The van der Waals surface area contributed by atoms with Crippen LogP contribution in [0.25, 0.3) is 0 Å². The third-order valence-electron chi connectivity index (χ3n) is 4.02. The molecule has 0 aliphatic carbocycles. The highest BCUT2D eigenvalue weighted by molar-refractivity contribution is 5.80. The molecule has 1 aliphatic rings. The van der Waals surface area contributed by atoms with Gasteiger partial charge in [0.2, 0.25) is 5.91 Å². The van der Waals surface area contributed by atoms with Crippen LogP contribution < -0.4 is 15.8 Å². The van der Waals surface area contributed by atoms with E-state index in [1.165, 1.54) is 0 Å². The molecule has 0 radical (unpaired) electrons. The van der Waals surface area contributed by atoms with Gasteiger partial charge in [-0.15, -0.1) is 0 Å². The minimum absolute atomic E-state index is 0.195. The first-order valence-corrected chi connectivity index (χ1v) is 7.54. The third-order valence-corrected chi connectivity index (χ3v) is 4.02. The van der Waals surface area contributed by atoms with Crippen molar-refractivity contribution in [1.29, 1.82) is 0 Å². The molecule has 1 fully saturated rings. The van der Waals surface area contributed by atoms with Gasteiger partial charge < -0.3 is 10.5 Å². The maximum atomic E-state index is 11.2. The van der Waals surface area contributed by atoms with Crippen LogP contribution in [-0.2, 0) is 11.4 Å². The van der Waals surface area contributed by atoms with E-state index >= 15 is 0 Å². The Bertz CT molecular complexity index is 625. The summed E-state index contributed by atoms with van der Waals surface area (Å²) in [4.78, 5) is 11.2. The van der Waals surface area contributed by atoms with Crippen molar-refractivity contribution in [2.75, 3.05) is 0 Å². The predicted octanol–water partition coefficient (Wildman–Crippen LogP) is 2.54. The third kappa shape index (κ3) is 3.46. The molecule has 1 amide bonds. The Morgan fingerprint density at radius 1 is 1.09 bits per heavy atom. The molecule has 0 unspecified atom stereocenters. The molecule has 3 N–H and O–H groups in total. The maximum absolute atomic E-state index is 11.2. The van der Waals surface area contributed by atoms with Gasteiger partial charge in [-0.2, -0.15) is 0 Å². The van der Waals surface area contributed by atoms with Crippen molar-refractivity contribution >= 4 is 5.91 Å². The Kier molecular flexibility index (Phi) is 4.39. The van der Waals surface area contributed by atoms with Crippen molar-refractivity contribution in [3.8, 4) is 5.75 Å². The summed E-state index contributed by atoms with van der Waals surface area (Å²) in [6.45, 7) is 0.561. The van der Waals surface area contributed by atoms with Gasteiger partial charge in [0, 0.05) is 6.04 Å². The number of rotatable bonds is 5. The quantitative estimate of drug-likeness (QED) is 0.891. The first-order chi connectivity index (χ1) is 10.7. The van der Waals surface area contributed by atoms with Gasteiger partial charge in [0.25, 0.3) is 0 Å². The second-order valence-corrected chi connectivity index (χ2v) is 5.59. The van der Waals surface area contributed by atoms with Gasteiger partial charge in [-0.05, 0) is 36.1 Å². The van der Waals surface area contributed by atoms with Gasteiger partial charge >= 0.3 is 0 Å². The topological polar surface area (TPSA) is 64.4 Å². The molecule has 2 aromatic rings. The minimum Gasteiger partial charge on any atom is -0.489 e. The predicted molar refractivity (Wildman–Crippen MR) is 85.3 cm³/mol. The molecule has 0 aromatic heterocycles. The van der Waals surface area contributed by atoms with Gasteiger partial charge in [-0.3, -0.25) is 10.1 Å². The molecule has 0 bridgehead atoms. The molecular weight excluding hydrogens is 276 g/mol. The first kappa shape index (κ1) is 14.6. The lowest BCUT2D eigenvalue weighted by Crippen LogP contribution is -2.37. The van der Waals surface area contributed by atoms with Crippen LogP contribution in [0.4, 0.5) is 0 Å². The zero-order chi connectivity index (χ0) is 15.4. The number of primary amides is 1. The van der Waals surface area contributed by atoms with Crippen LogP contribution in [0.1, 0.15) is 30.0 Å². The van der Waals surface area contributed by atoms with Crippen molar-refractivity contribution in [2.45, 2.75) is 31.5 Å². The van der Waals surface area contributed by atoms with E-state index in [2.05, 4.69) is 5.32 Å². The number of nitrogens with two attached hydrogens (primary N) is 1. The number of ether oxygens (including phenoxy) is 1. The summed E-state index contributed by atoms with van der Waals surface area (Å²) in [6.07, 6.45) is 1.73. The van der Waals surface area contributed by atoms with E-state index in [-0.39, 0.29) is 18.0 Å². The zero-order valence-electron chi connectivity index (χ0n) is 12.4. The van der Waals surface area contributed by atoms with Crippen LogP contribution in [0.2, 0.25) is 0 Å². The Hall–Kier alpha value is -2.33. The van der Waals surface area contributed by atoms with E-state index < -0.39 is 0 Å². The van der Waals surface area contributed by atoms with Crippen LogP contribution in [-0.4, -0.2) is 11.9 Å². The Balaban J connectivity index is 1.58. The zero-order valence-corrected chi connectivity index (χ0v) is 12.4. The van der Waals surface area contributed by atoms with Crippen molar-refractivity contribution in [1.82, 2.24) is 5.32 Å². The van der Waals surface area contributed by atoms with Crippen LogP contribution in [0.3, 0.4) is 0 Å². The summed E-state index contributed by atoms with van der Waals surface area (Å²) >= 11 is 0. The number of benzene rings is 2. The number of carbonyl (C=O) groups is 1. The molecule has 1 aliphatic heterocycles.